The number of nitrogens with two attached hydrogens (primary N) is 2. The Balaban J connectivity index is 0.000000297. The lowest BCUT2D eigenvalue weighted by Crippen LogP contribution is -2.44. The Bertz CT molecular complexity index is 2510. The van der Waals surface area contributed by atoms with Gasteiger partial charge in [0.15, 0.2) is 56.0 Å². The molecule has 7 rings (SSSR count). The molecule has 0 radical (unpaired) electrons. The first-order valence-electron chi connectivity index (χ1n) is 21.1. The zero-order chi connectivity index (χ0) is 49.5. The summed E-state index contributed by atoms with van der Waals surface area (Å²) in [4.78, 5) is 41.7. The second-order valence-electron chi connectivity index (χ2n) is 15.2. The first-order valence-corrected chi connectivity index (χ1v) is 24.4. The van der Waals surface area contributed by atoms with E-state index < -0.39 is 40.6 Å². The van der Waals surface area contributed by atoms with Crippen LogP contribution in [0.2, 0.25) is 0 Å². The van der Waals surface area contributed by atoms with Gasteiger partial charge in [-0.1, -0.05) is 46.0 Å². The number of hydrogen-bond acceptors (Lipinski definition) is 14. The van der Waals surface area contributed by atoms with Gasteiger partial charge in [0.2, 0.25) is 5.78 Å². The van der Waals surface area contributed by atoms with Crippen LogP contribution in [0.25, 0.3) is 0 Å². The van der Waals surface area contributed by atoms with E-state index in [-0.39, 0.29) is 59.8 Å². The minimum absolute atomic E-state index is 0. The van der Waals surface area contributed by atoms with Crippen molar-refractivity contribution in [1.29, 1.82) is 0 Å². The van der Waals surface area contributed by atoms with Crippen LogP contribution < -0.4 is 41.4 Å². The van der Waals surface area contributed by atoms with Crippen molar-refractivity contribution in [2.75, 3.05) is 118 Å². The van der Waals surface area contributed by atoms with Gasteiger partial charge in [0.05, 0.1) is 19.5 Å². The van der Waals surface area contributed by atoms with Crippen molar-refractivity contribution in [2.24, 2.45) is 10.7 Å². The Labute approximate surface area is 441 Å². The molecular weight excluding hydrogens is 1120 g/mol. The number of halogens is 6. The summed E-state index contributed by atoms with van der Waals surface area (Å²) in [5, 5.41) is 7.55. The normalized spacial score (nSPS) is 13.8. The topological polar surface area (TPSA) is 167 Å². The van der Waals surface area contributed by atoms with E-state index >= 15 is 0 Å². The number of carbonyl (C=O) groups is 2. The maximum atomic E-state index is 14.0. The van der Waals surface area contributed by atoms with E-state index in [1.165, 1.54) is 17.4 Å². The van der Waals surface area contributed by atoms with E-state index in [2.05, 4.69) is 91.8 Å². The van der Waals surface area contributed by atoms with Crippen LogP contribution in [0.15, 0.2) is 77.8 Å². The van der Waals surface area contributed by atoms with Crippen molar-refractivity contribution in [3.05, 3.63) is 112 Å². The van der Waals surface area contributed by atoms with E-state index in [0.29, 0.717) is 15.4 Å². The fraction of sp³-hybridized carbons (Fsp3) is 0.326. The van der Waals surface area contributed by atoms with Gasteiger partial charge in [-0.05, 0) is 105 Å². The Hall–Kier alpha value is -4.61. The van der Waals surface area contributed by atoms with Gasteiger partial charge in [-0.2, -0.15) is 14.9 Å². The number of amidine groups is 1. The molecule has 2 fully saturated rings. The van der Waals surface area contributed by atoms with Crippen LogP contribution in [0.1, 0.15) is 32.5 Å². The van der Waals surface area contributed by atoms with Crippen LogP contribution in [-0.2, 0) is 0 Å². The summed E-state index contributed by atoms with van der Waals surface area (Å²) in [7, 11) is 6.59. The zero-order valence-corrected chi connectivity index (χ0v) is 46.4. The lowest BCUT2D eigenvalue weighted by molar-refractivity contribution is 0.102. The number of ketones is 2. The minimum atomic E-state index is -0.960. The van der Waals surface area contributed by atoms with Gasteiger partial charge in [-0.15, -0.1) is 17.0 Å². The summed E-state index contributed by atoms with van der Waals surface area (Å²) in [5.74, 6) is -4.81. The molecule has 2 aliphatic rings. The molecule has 24 heteroatoms. The Morgan fingerprint density at radius 2 is 1.21 bits per heavy atom. The van der Waals surface area contributed by atoms with Crippen LogP contribution in [0, 0.1) is 23.3 Å². The number of thiazole rings is 1. The van der Waals surface area contributed by atoms with Gasteiger partial charge >= 0.3 is 0 Å². The van der Waals surface area contributed by atoms with Gasteiger partial charge in [0, 0.05) is 86.2 Å². The molecule has 0 bridgehead atoms. The molecule has 5 aromatic rings. The third-order valence-corrected chi connectivity index (χ3v) is 12.8. The van der Waals surface area contributed by atoms with E-state index in [1.54, 1.807) is 0 Å². The van der Waals surface area contributed by atoms with Gasteiger partial charge in [0.25, 0.3) is 0 Å². The molecule has 0 spiro atoms. The lowest BCUT2D eigenvalue weighted by atomic mass is 10.1. The molecular formula is C46H57Br2F4N10O4PS3. The lowest BCUT2D eigenvalue weighted by Gasteiger charge is -2.34. The number of ether oxygens (including phenoxy) is 2. The predicted molar refractivity (Wildman–Crippen MR) is 297 cm³/mol. The number of carbonyl (C=O) groups excluding carboxylic acids is 2. The molecule has 0 amide bonds. The molecule has 6 N–H and O–H groups in total. The van der Waals surface area contributed by atoms with Crippen LogP contribution >= 0.6 is 78.1 Å². The van der Waals surface area contributed by atoms with Crippen LogP contribution in [0.5, 0.6) is 11.5 Å². The number of nitrogens with zero attached hydrogens (tertiary/aromatic N) is 6. The standard InChI is InChI=1S/C22H23F2N5O2S.C15H23N5S2.C9H7BrF2O2.BrH.H3P/c1-28-7-9-29(10-8-28)15-5-3-14(4-6-15)26-22-27-21(25)20(32-22)18(30)13-11-16(23)19(31-2)17(24)12-13;1-3-22-14(16)18-15(21)17-12-4-6-13(7-5-12)20-10-8-19(2)9-11-20;1-14-9-6(11)2-5(3-7(9)12)8(13)4-10;;/h3-6,11-12H,7-10,25H2,1-2H3,(H,26,27);4-7H,3,8-11H2,1-2H3,(H3,16,17,18,21);2-3H,4H2,1H3;1H;1H3. The zero-order valence-electron chi connectivity index (χ0n) is 39.2. The number of thiocarbonyl (C=S) groups is 1. The first kappa shape index (κ1) is 59.7. The molecule has 1 unspecified atom stereocenters. The number of aromatic nitrogens is 1. The first-order chi connectivity index (χ1) is 32.5. The smallest absolute Gasteiger partial charge is 0.207 e. The number of nitrogens with one attached hydrogen (secondary N) is 2. The number of rotatable bonds is 12. The van der Waals surface area contributed by atoms with Crippen molar-refractivity contribution in [1.82, 2.24) is 14.8 Å². The number of nitrogen functional groups attached to an aromatic ring is 1. The highest BCUT2D eigenvalue weighted by Gasteiger charge is 2.23. The molecule has 2 saturated heterocycles. The average Bonchev–Trinajstić information content (AvgIpc) is 3.68. The highest BCUT2D eigenvalue weighted by molar-refractivity contribution is 9.09. The van der Waals surface area contributed by atoms with E-state index in [9.17, 15) is 27.2 Å². The summed E-state index contributed by atoms with van der Waals surface area (Å²) in [6, 6.07) is 19.9. The SMILES string of the molecule is Br.CCSC(N)=NC(=S)Nc1ccc(N2CCN(C)CC2)cc1.COc1c(F)cc(C(=O)CBr)cc1F.COc1c(F)cc(C(=O)c2sc(Nc3ccc(N4CCN(C)CC4)cc3)nc2N)cc1F.P. The van der Waals surface area contributed by atoms with Crippen LogP contribution in [0.3, 0.4) is 0 Å². The highest BCUT2D eigenvalue weighted by Crippen LogP contribution is 2.32. The molecule has 4 aromatic carbocycles. The van der Waals surface area contributed by atoms with Gasteiger partial charge in [-0.3, -0.25) is 9.59 Å². The maximum absolute atomic E-state index is 14.0. The van der Waals surface area contributed by atoms with Crippen LogP contribution in [0.4, 0.5) is 51.3 Å². The molecule has 380 valence electrons. The van der Waals surface area contributed by atoms with Crippen molar-refractivity contribution < 1.29 is 36.6 Å². The number of thioether (sulfide) groups is 1. The van der Waals surface area contributed by atoms with Crippen molar-refractivity contribution in [2.45, 2.75) is 6.92 Å². The average molecular weight is 1180 g/mol. The third-order valence-electron chi connectivity index (χ3n) is 10.4. The van der Waals surface area contributed by atoms with Gasteiger partial charge in [-0.25, -0.2) is 22.5 Å². The number of piperazine rings is 2. The Kier molecular flexibility index (Phi) is 24.8. The summed E-state index contributed by atoms with van der Waals surface area (Å²) < 4.78 is 63.2. The largest absolute Gasteiger partial charge is 0.491 e. The number of hydrogen-bond donors (Lipinski definition) is 4. The molecule has 1 aromatic heterocycles. The fourth-order valence-electron chi connectivity index (χ4n) is 6.75. The second-order valence-corrected chi connectivity index (χ2v) is 18.4. The summed E-state index contributed by atoms with van der Waals surface area (Å²) in [5.41, 5.74) is 15.6. The second kappa shape index (κ2) is 29.0. The molecule has 0 saturated carbocycles. The molecule has 1 atom stereocenters. The molecule has 0 aliphatic carbocycles. The number of aliphatic imine (C=N–C) groups is 1. The van der Waals surface area contributed by atoms with Crippen molar-refractivity contribution >= 4 is 134 Å². The summed E-state index contributed by atoms with van der Waals surface area (Å²) in [6.07, 6.45) is 0. The third kappa shape index (κ3) is 17.0. The number of alkyl halides is 1. The quantitative estimate of drug-likeness (QED) is 0.0178. The number of likely N-dealkylation sites (N-methyl/N-ethyl adjacent to an activating group) is 2. The highest BCUT2D eigenvalue weighted by atomic mass is 79.9. The van der Waals surface area contributed by atoms with Crippen LogP contribution in [-0.4, -0.2) is 128 Å². The number of Topliss-reactive ketones (excluding diaryl/α,β-unsaturated/α-hetero) is 1. The maximum Gasteiger partial charge on any atom is 0.207 e. The van der Waals surface area contributed by atoms with Gasteiger partial charge in [0.1, 0.15) is 10.7 Å². The van der Waals surface area contributed by atoms with Crippen molar-refractivity contribution in [3.63, 3.8) is 0 Å². The molecule has 2 aliphatic heterocycles. The number of benzene rings is 4. The summed E-state index contributed by atoms with van der Waals surface area (Å²) >= 11 is 10.6. The molecule has 14 nitrogen and oxygen atoms in total. The number of anilines is 6. The Morgan fingerprint density at radius 1 is 0.786 bits per heavy atom. The van der Waals surface area contributed by atoms with Gasteiger partial charge < -0.3 is 51.2 Å². The van der Waals surface area contributed by atoms with E-state index in [0.717, 1.165) is 125 Å². The van der Waals surface area contributed by atoms with Crippen molar-refractivity contribution in [3.8, 4) is 11.5 Å². The van der Waals surface area contributed by atoms with E-state index in [4.69, 9.17) is 23.7 Å². The summed E-state index contributed by atoms with van der Waals surface area (Å²) in [6.45, 7) is 10.4. The minimum Gasteiger partial charge on any atom is -0.491 e. The van der Waals surface area contributed by atoms with E-state index in [1.807, 2.05) is 43.3 Å². The molecule has 70 heavy (non-hydrogen) atoms. The monoisotopic (exact) mass is 1170 g/mol. The Morgan fingerprint density at radius 3 is 1.63 bits per heavy atom. The molecule has 3 heterocycles. The fourth-order valence-corrected chi connectivity index (χ4v) is 8.67. The predicted octanol–water partition coefficient (Wildman–Crippen LogP) is 9.13. The number of methoxy groups -OCH3 is 2.